The van der Waals surface area contributed by atoms with E-state index < -0.39 is 16.0 Å². The Hall–Kier alpha value is -2.81. The second-order valence-electron chi connectivity index (χ2n) is 6.26. The lowest BCUT2D eigenvalue weighted by molar-refractivity contribution is -0.138. The first kappa shape index (κ1) is 21.9. The van der Waals surface area contributed by atoms with Gasteiger partial charge < -0.3 is 9.15 Å². The fraction of sp³-hybridized carbons (Fsp3) is 0.136. The number of hydrogen-bond donors (Lipinski definition) is 1. The number of ether oxygens (including phenoxy) is 1. The van der Waals surface area contributed by atoms with Crippen LogP contribution < -0.4 is 4.72 Å². The van der Waals surface area contributed by atoms with Crippen LogP contribution in [0.15, 0.2) is 87.2 Å². The van der Waals surface area contributed by atoms with Crippen molar-refractivity contribution in [2.75, 3.05) is 6.26 Å². The minimum atomic E-state index is -3.66. The number of benzene rings is 2. The van der Waals surface area contributed by atoms with Crippen LogP contribution in [0.3, 0.4) is 0 Å². The molecule has 0 bridgehead atoms. The average molecular weight is 444 g/mol. The Morgan fingerprint density at radius 2 is 1.83 bits per heavy atom. The van der Waals surface area contributed by atoms with E-state index in [9.17, 15) is 13.2 Å². The maximum Gasteiger partial charge on any atom is 0.331 e. The molecule has 1 aromatic heterocycles. The van der Waals surface area contributed by atoms with E-state index in [2.05, 4.69) is 4.72 Å². The van der Waals surface area contributed by atoms with Crippen LogP contribution in [0, 0.1) is 0 Å². The van der Waals surface area contributed by atoms with E-state index in [1.807, 2.05) is 30.5 Å². The quantitative estimate of drug-likeness (QED) is 0.303. The van der Waals surface area contributed by atoms with Gasteiger partial charge in [-0.15, -0.1) is 11.8 Å². The Bertz CT molecular complexity index is 1090. The van der Waals surface area contributed by atoms with Gasteiger partial charge in [-0.25, -0.2) is 17.9 Å². The summed E-state index contributed by atoms with van der Waals surface area (Å²) in [5, 5.41) is 0. The first-order chi connectivity index (χ1) is 14.5. The molecule has 0 aliphatic heterocycles. The smallest absolute Gasteiger partial charge is 0.331 e. The SMILES string of the molecule is CSc1ccc(COC(=O)/C=C/c2ccc(S(=O)(=O)NCc3ccco3)cc2)cc1. The average Bonchev–Trinajstić information content (AvgIpc) is 3.29. The molecule has 0 saturated carbocycles. The van der Waals surface area contributed by atoms with Crippen molar-refractivity contribution in [1.82, 2.24) is 4.72 Å². The van der Waals surface area contributed by atoms with Gasteiger partial charge in [-0.05, 0) is 59.9 Å². The standard InChI is InChI=1S/C22H21NO5S2/c1-29-20-9-4-18(5-10-20)16-28-22(24)13-8-17-6-11-21(12-7-17)30(25,26)23-15-19-3-2-14-27-19/h2-14,23H,15-16H2,1H3/b13-8+. The molecule has 3 rings (SSSR count). The van der Waals surface area contributed by atoms with Gasteiger partial charge in [0.15, 0.2) is 0 Å². The zero-order valence-electron chi connectivity index (χ0n) is 16.3. The Labute approximate surface area is 180 Å². The molecule has 0 aliphatic rings. The lowest BCUT2D eigenvalue weighted by Crippen LogP contribution is -2.22. The summed E-state index contributed by atoms with van der Waals surface area (Å²) in [6, 6.07) is 17.4. The molecule has 0 amide bonds. The minimum Gasteiger partial charge on any atom is -0.468 e. The summed E-state index contributed by atoms with van der Waals surface area (Å²) < 4.78 is 37.4. The van der Waals surface area contributed by atoms with Crippen molar-refractivity contribution in [3.8, 4) is 0 Å². The van der Waals surface area contributed by atoms with Crippen molar-refractivity contribution in [3.63, 3.8) is 0 Å². The molecule has 0 spiro atoms. The molecule has 0 radical (unpaired) electrons. The molecular weight excluding hydrogens is 422 g/mol. The van der Waals surface area contributed by atoms with Crippen LogP contribution in [-0.2, 0) is 32.7 Å². The van der Waals surface area contributed by atoms with Crippen LogP contribution in [-0.4, -0.2) is 20.6 Å². The zero-order valence-corrected chi connectivity index (χ0v) is 17.9. The second-order valence-corrected chi connectivity index (χ2v) is 8.91. The molecule has 3 aromatic rings. The molecule has 1 N–H and O–H groups in total. The van der Waals surface area contributed by atoms with Crippen molar-refractivity contribution in [2.45, 2.75) is 22.9 Å². The largest absolute Gasteiger partial charge is 0.468 e. The van der Waals surface area contributed by atoms with Crippen LogP contribution in [0.5, 0.6) is 0 Å². The van der Waals surface area contributed by atoms with Crippen molar-refractivity contribution in [3.05, 3.63) is 89.9 Å². The van der Waals surface area contributed by atoms with Crippen molar-refractivity contribution in [2.24, 2.45) is 0 Å². The molecule has 0 fully saturated rings. The molecule has 2 aromatic carbocycles. The van der Waals surface area contributed by atoms with E-state index in [1.54, 1.807) is 42.1 Å². The van der Waals surface area contributed by atoms with Gasteiger partial charge in [0.25, 0.3) is 0 Å². The van der Waals surface area contributed by atoms with Gasteiger partial charge in [-0.3, -0.25) is 0 Å². The highest BCUT2D eigenvalue weighted by Crippen LogP contribution is 2.16. The van der Waals surface area contributed by atoms with Gasteiger partial charge in [0.1, 0.15) is 12.4 Å². The summed E-state index contributed by atoms with van der Waals surface area (Å²) in [7, 11) is -3.66. The first-order valence-electron chi connectivity index (χ1n) is 9.06. The Morgan fingerprint density at radius 3 is 2.47 bits per heavy atom. The van der Waals surface area contributed by atoms with E-state index in [0.29, 0.717) is 11.3 Å². The molecular formula is C22H21NO5S2. The predicted molar refractivity (Wildman–Crippen MR) is 116 cm³/mol. The molecule has 0 atom stereocenters. The number of hydrogen-bond acceptors (Lipinski definition) is 6. The van der Waals surface area contributed by atoms with E-state index in [-0.39, 0.29) is 18.0 Å². The number of furan rings is 1. The normalized spacial score (nSPS) is 11.6. The summed E-state index contributed by atoms with van der Waals surface area (Å²) in [4.78, 5) is 13.2. The number of thioether (sulfide) groups is 1. The number of nitrogens with one attached hydrogen (secondary N) is 1. The molecule has 8 heteroatoms. The molecule has 0 unspecified atom stereocenters. The molecule has 156 valence electrons. The monoisotopic (exact) mass is 443 g/mol. The van der Waals surface area contributed by atoms with Crippen LogP contribution in [0.25, 0.3) is 6.08 Å². The highest BCUT2D eigenvalue weighted by molar-refractivity contribution is 7.98. The molecule has 0 saturated heterocycles. The van der Waals surface area contributed by atoms with Gasteiger partial charge in [-0.2, -0.15) is 0 Å². The zero-order chi connectivity index (χ0) is 21.4. The molecule has 0 aliphatic carbocycles. The highest BCUT2D eigenvalue weighted by atomic mass is 32.2. The second kappa shape index (κ2) is 10.3. The Kier molecular flexibility index (Phi) is 7.51. The number of carbonyl (C=O) groups excluding carboxylic acids is 1. The third-order valence-electron chi connectivity index (χ3n) is 4.16. The van der Waals surface area contributed by atoms with Crippen LogP contribution in [0.2, 0.25) is 0 Å². The van der Waals surface area contributed by atoms with E-state index in [0.717, 1.165) is 10.5 Å². The maximum absolute atomic E-state index is 12.3. The van der Waals surface area contributed by atoms with Gasteiger partial charge in [0, 0.05) is 11.0 Å². The lowest BCUT2D eigenvalue weighted by Gasteiger charge is -2.06. The van der Waals surface area contributed by atoms with Gasteiger partial charge >= 0.3 is 5.97 Å². The summed E-state index contributed by atoms with van der Waals surface area (Å²) in [6.07, 6.45) is 6.37. The summed E-state index contributed by atoms with van der Waals surface area (Å²) >= 11 is 1.65. The predicted octanol–water partition coefficient (Wildman–Crippen LogP) is 4.24. The van der Waals surface area contributed by atoms with Crippen molar-refractivity contribution >= 4 is 33.8 Å². The van der Waals surface area contributed by atoms with Crippen LogP contribution in [0.4, 0.5) is 0 Å². The van der Waals surface area contributed by atoms with Gasteiger partial charge in [0.05, 0.1) is 17.7 Å². The van der Waals surface area contributed by atoms with E-state index in [1.165, 1.54) is 24.5 Å². The topological polar surface area (TPSA) is 85.6 Å². The summed E-state index contributed by atoms with van der Waals surface area (Å²) in [6.45, 7) is 0.263. The Balaban J connectivity index is 1.52. The number of esters is 1. The fourth-order valence-electron chi connectivity index (χ4n) is 2.51. The van der Waals surface area contributed by atoms with E-state index in [4.69, 9.17) is 9.15 Å². The van der Waals surface area contributed by atoms with Crippen molar-refractivity contribution in [1.29, 1.82) is 0 Å². The van der Waals surface area contributed by atoms with Crippen LogP contribution in [0.1, 0.15) is 16.9 Å². The maximum atomic E-state index is 12.3. The van der Waals surface area contributed by atoms with Crippen LogP contribution >= 0.6 is 11.8 Å². The number of sulfonamides is 1. The van der Waals surface area contributed by atoms with Gasteiger partial charge in [0.2, 0.25) is 10.0 Å². The van der Waals surface area contributed by atoms with Crippen molar-refractivity contribution < 1.29 is 22.4 Å². The Morgan fingerprint density at radius 1 is 1.10 bits per heavy atom. The molecule has 6 nitrogen and oxygen atoms in total. The molecule has 30 heavy (non-hydrogen) atoms. The number of rotatable bonds is 9. The third kappa shape index (κ3) is 6.35. The highest BCUT2D eigenvalue weighted by Gasteiger charge is 2.14. The fourth-order valence-corrected chi connectivity index (χ4v) is 3.91. The summed E-state index contributed by atoms with van der Waals surface area (Å²) in [5.41, 5.74) is 1.59. The molecule has 1 heterocycles. The van der Waals surface area contributed by atoms with E-state index >= 15 is 0 Å². The first-order valence-corrected chi connectivity index (χ1v) is 11.8. The lowest BCUT2D eigenvalue weighted by atomic mass is 10.2. The third-order valence-corrected chi connectivity index (χ3v) is 6.32. The minimum absolute atomic E-state index is 0.0723. The summed E-state index contributed by atoms with van der Waals surface area (Å²) in [5.74, 6) is 0.0533. The van der Waals surface area contributed by atoms with Gasteiger partial charge in [-0.1, -0.05) is 24.3 Å². The number of carbonyl (C=O) groups is 1.